The third-order valence-electron chi connectivity index (χ3n) is 3.65. The number of esters is 1. The minimum atomic E-state index is -1.07. The molecule has 1 atom stereocenters. The van der Waals surface area contributed by atoms with Crippen molar-refractivity contribution in [2.75, 3.05) is 6.61 Å². The maximum absolute atomic E-state index is 12.3. The van der Waals surface area contributed by atoms with Crippen LogP contribution in [-0.4, -0.2) is 24.1 Å². The largest absolute Gasteiger partial charge is 0.489 e. The van der Waals surface area contributed by atoms with Crippen LogP contribution in [0.3, 0.4) is 0 Å². The molecule has 25 heavy (non-hydrogen) atoms. The van der Waals surface area contributed by atoms with E-state index in [1.165, 1.54) is 6.92 Å². The van der Waals surface area contributed by atoms with Gasteiger partial charge in [-0.3, -0.25) is 9.59 Å². The second-order valence-electron chi connectivity index (χ2n) is 5.47. The average Bonchev–Trinajstić information content (AvgIpc) is 2.66. The van der Waals surface area contributed by atoms with E-state index in [9.17, 15) is 14.4 Å². The van der Waals surface area contributed by atoms with Gasteiger partial charge in [0.25, 0.3) is 5.78 Å². The molecule has 5 nitrogen and oxygen atoms in total. The van der Waals surface area contributed by atoms with Crippen LogP contribution in [0.1, 0.15) is 29.8 Å². The van der Waals surface area contributed by atoms with Crippen LogP contribution in [-0.2, 0) is 20.9 Å². The summed E-state index contributed by atoms with van der Waals surface area (Å²) < 4.78 is 10.3. The number of benzene rings is 2. The Labute approximate surface area is 146 Å². The molecule has 2 aromatic carbocycles. The minimum absolute atomic E-state index is 0.0962. The van der Waals surface area contributed by atoms with E-state index in [2.05, 4.69) is 4.74 Å². The van der Waals surface area contributed by atoms with E-state index in [0.717, 1.165) is 5.56 Å². The van der Waals surface area contributed by atoms with Crippen molar-refractivity contribution in [2.24, 2.45) is 5.92 Å². The second kappa shape index (κ2) is 8.78. The summed E-state index contributed by atoms with van der Waals surface area (Å²) in [6.45, 7) is 3.53. The molecule has 0 radical (unpaired) electrons. The number of ether oxygens (including phenoxy) is 2. The van der Waals surface area contributed by atoms with Gasteiger partial charge < -0.3 is 9.47 Å². The minimum Gasteiger partial charge on any atom is -0.489 e. The van der Waals surface area contributed by atoms with Gasteiger partial charge in [-0.1, -0.05) is 30.3 Å². The van der Waals surface area contributed by atoms with Gasteiger partial charge in [0.05, 0.1) is 12.5 Å². The first-order chi connectivity index (χ1) is 12.0. The molecule has 0 bridgehead atoms. The molecule has 130 valence electrons. The summed E-state index contributed by atoms with van der Waals surface area (Å²) in [6.07, 6.45) is 0. The number of Topliss-reactive ketones (excluding diaryl/α,β-unsaturated/α-hetero) is 2. The van der Waals surface area contributed by atoms with Crippen LogP contribution in [0.2, 0.25) is 0 Å². The first kappa shape index (κ1) is 18.4. The average molecular weight is 340 g/mol. The molecule has 0 aliphatic rings. The van der Waals surface area contributed by atoms with Crippen LogP contribution >= 0.6 is 0 Å². The van der Waals surface area contributed by atoms with Crippen LogP contribution in [0.25, 0.3) is 0 Å². The zero-order valence-corrected chi connectivity index (χ0v) is 14.2. The van der Waals surface area contributed by atoms with E-state index in [1.54, 1.807) is 31.2 Å². The molecule has 1 unspecified atom stereocenters. The fourth-order valence-corrected chi connectivity index (χ4v) is 2.20. The summed E-state index contributed by atoms with van der Waals surface area (Å²) in [6, 6.07) is 16.2. The fourth-order valence-electron chi connectivity index (χ4n) is 2.20. The van der Waals surface area contributed by atoms with E-state index in [-0.39, 0.29) is 6.61 Å². The summed E-state index contributed by atoms with van der Waals surface area (Å²) in [5.74, 6) is -2.70. The van der Waals surface area contributed by atoms with Crippen molar-refractivity contribution in [2.45, 2.75) is 20.5 Å². The van der Waals surface area contributed by atoms with Crippen molar-refractivity contribution in [1.82, 2.24) is 0 Å². The lowest BCUT2D eigenvalue weighted by molar-refractivity contribution is -0.154. The smallest absolute Gasteiger partial charge is 0.375 e. The maximum Gasteiger partial charge on any atom is 0.375 e. The fraction of sp³-hybridized carbons (Fsp3) is 0.250. The molecule has 0 spiro atoms. The van der Waals surface area contributed by atoms with Gasteiger partial charge in [0.1, 0.15) is 12.4 Å². The number of carbonyl (C=O) groups is 3. The number of hydrogen-bond donors (Lipinski definition) is 0. The van der Waals surface area contributed by atoms with Gasteiger partial charge in [-0.2, -0.15) is 0 Å². The van der Waals surface area contributed by atoms with Crippen LogP contribution in [0, 0.1) is 5.92 Å². The van der Waals surface area contributed by atoms with Gasteiger partial charge in [-0.05, 0) is 43.7 Å². The van der Waals surface area contributed by atoms with Crippen molar-refractivity contribution >= 4 is 17.5 Å². The molecule has 2 rings (SSSR count). The van der Waals surface area contributed by atoms with Gasteiger partial charge in [0, 0.05) is 5.56 Å². The van der Waals surface area contributed by atoms with E-state index in [4.69, 9.17) is 4.74 Å². The third kappa shape index (κ3) is 5.01. The van der Waals surface area contributed by atoms with Crippen molar-refractivity contribution in [3.05, 3.63) is 65.7 Å². The van der Waals surface area contributed by atoms with Crippen LogP contribution in [0.4, 0.5) is 0 Å². The highest BCUT2D eigenvalue weighted by Gasteiger charge is 2.29. The Morgan fingerprint density at radius 3 is 2.20 bits per heavy atom. The Kier molecular flexibility index (Phi) is 6.46. The van der Waals surface area contributed by atoms with Crippen LogP contribution in [0.5, 0.6) is 5.75 Å². The highest BCUT2D eigenvalue weighted by molar-refractivity contribution is 6.39. The monoisotopic (exact) mass is 340 g/mol. The summed E-state index contributed by atoms with van der Waals surface area (Å²) in [5, 5.41) is 0. The normalized spacial score (nSPS) is 11.4. The van der Waals surface area contributed by atoms with Gasteiger partial charge in [0.2, 0.25) is 0 Å². The molecule has 0 heterocycles. The summed E-state index contributed by atoms with van der Waals surface area (Å²) in [4.78, 5) is 35.6. The molecule has 0 aromatic heterocycles. The molecule has 5 heteroatoms. The molecule has 0 N–H and O–H groups in total. The molecule has 0 amide bonds. The zero-order chi connectivity index (χ0) is 18.2. The second-order valence-corrected chi connectivity index (χ2v) is 5.47. The Morgan fingerprint density at radius 1 is 0.960 bits per heavy atom. The molecular weight excluding hydrogens is 320 g/mol. The SMILES string of the molecule is CCOC(=O)C(=O)C(C)C(=O)c1ccc(OCc2ccccc2)cc1. The lowest BCUT2D eigenvalue weighted by Gasteiger charge is -2.10. The van der Waals surface area contributed by atoms with E-state index in [1.807, 2.05) is 30.3 Å². The van der Waals surface area contributed by atoms with Crippen LogP contribution < -0.4 is 4.74 Å². The highest BCUT2D eigenvalue weighted by atomic mass is 16.5. The Bertz CT molecular complexity index is 734. The van der Waals surface area contributed by atoms with Gasteiger partial charge in [-0.15, -0.1) is 0 Å². The number of ketones is 2. The van der Waals surface area contributed by atoms with Gasteiger partial charge in [0.15, 0.2) is 5.78 Å². The van der Waals surface area contributed by atoms with Gasteiger partial charge in [-0.25, -0.2) is 4.79 Å². The molecular formula is C20H20O5. The summed E-state index contributed by atoms with van der Waals surface area (Å²) in [5.41, 5.74) is 1.38. The maximum atomic E-state index is 12.3. The standard InChI is InChI=1S/C20H20O5/c1-3-24-20(23)19(22)14(2)18(21)16-9-11-17(12-10-16)25-13-15-7-5-4-6-8-15/h4-12,14H,3,13H2,1-2H3. The number of carbonyl (C=O) groups excluding carboxylic acids is 3. The lowest BCUT2D eigenvalue weighted by Crippen LogP contribution is -2.29. The van der Waals surface area contributed by atoms with E-state index < -0.39 is 23.5 Å². The molecule has 0 saturated heterocycles. The predicted molar refractivity (Wildman–Crippen MR) is 92.4 cm³/mol. The quantitative estimate of drug-likeness (QED) is 0.319. The Morgan fingerprint density at radius 2 is 1.60 bits per heavy atom. The van der Waals surface area contributed by atoms with Gasteiger partial charge >= 0.3 is 5.97 Å². The Balaban J connectivity index is 1.97. The first-order valence-corrected chi connectivity index (χ1v) is 8.05. The van der Waals surface area contributed by atoms with Crippen LogP contribution in [0.15, 0.2) is 54.6 Å². The van der Waals surface area contributed by atoms with Crippen molar-refractivity contribution < 1.29 is 23.9 Å². The zero-order valence-electron chi connectivity index (χ0n) is 14.2. The predicted octanol–water partition coefficient (Wildman–Crippen LogP) is 3.22. The molecule has 0 aliphatic carbocycles. The van der Waals surface area contributed by atoms with Crippen molar-refractivity contribution in [3.63, 3.8) is 0 Å². The summed E-state index contributed by atoms with van der Waals surface area (Å²) >= 11 is 0. The van der Waals surface area contributed by atoms with E-state index >= 15 is 0 Å². The van der Waals surface area contributed by atoms with Crippen molar-refractivity contribution in [3.8, 4) is 5.75 Å². The Hall–Kier alpha value is -2.95. The summed E-state index contributed by atoms with van der Waals surface area (Å²) in [7, 11) is 0. The number of hydrogen-bond acceptors (Lipinski definition) is 5. The topological polar surface area (TPSA) is 69.7 Å². The highest BCUT2D eigenvalue weighted by Crippen LogP contribution is 2.17. The molecule has 0 fully saturated rings. The number of rotatable bonds is 8. The van der Waals surface area contributed by atoms with Crippen molar-refractivity contribution in [1.29, 1.82) is 0 Å². The third-order valence-corrected chi connectivity index (χ3v) is 3.65. The molecule has 0 aliphatic heterocycles. The van der Waals surface area contributed by atoms with E-state index in [0.29, 0.717) is 17.9 Å². The molecule has 0 saturated carbocycles. The first-order valence-electron chi connectivity index (χ1n) is 8.05. The lowest BCUT2D eigenvalue weighted by atomic mass is 9.95. The molecule has 2 aromatic rings.